The first-order chi connectivity index (χ1) is 12.8. The topological polar surface area (TPSA) is 101 Å². The molecule has 2 rings (SSSR count). The first-order valence-electron chi connectivity index (χ1n) is 8.79. The maximum absolute atomic E-state index is 12.6. The smallest absolute Gasteiger partial charge is 0.308 e. The molecule has 1 atom stereocenters. The van der Waals surface area contributed by atoms with Gasteiger partial charge in [-0.15, -0.1) is 0 Å². The number of aliphatic carboxylic acids is 1. The summed E-state index contributed by atoms with van der Waals surface area (Å²) in [6, 6.07) is 7.26. The van der Waals surface area contributed by atoms with Gasteiger partial charge in [0.1, 0.15) is 11.6 Å². The molecule has 1 aromatic carbocycles. The van der Waals surface area contributed by atoms with Crippen LogP contribution in [-0.2, 0) is 11.2 Å². The Morgan fingerprint density at radius 2 is 1.96 bits per heavy atom. The van der Waals surface area contributed by atoms with E-state index < -0.39 is 11.9 Å². The van der Waals surface area contributed by atoms with Gasteiger partial charge in [0.05, 0.1) is 24.3 Å². The third-order valence-electron chi connectivity index (χ3n) is 4.25. The predicted octanol–water partition coefficient (Wildman–Crippen LogP) is 2.59. The van der Waals surface area contributed by atoms with E-state index in [0.29, 0.717) is 22.8 Å². The van der Waals surface area contributed by atoms with E-state index in [0.717, 1.165) is 5.56 Å². The van der Waals surface area contributed by atoms with Crippen LogP contribution in [-0.4, -0.2) is 40.6 Å². The van der Waals surface area contributed by atoms with Crippen LogP contribution < -0.4 is 10.1 Å². The fraction of sp³-hybridized carbons (Fsp3) is 0.400. The molecule has 1 heterocycles. The summed E-state index contributed by atoms with van der Waals surface area (Å²) in [7, 11) is 1.54. The molecular formula is C20H25N3O4. The summed E-state index contributed by atoms with van der Waals surface area (Å²) < 4.78 is 5.28. The fourth-order valence-corrected chi connectivity index (χ4v) is 2.80. The molecule has 0 bridgehead atoms. The fourth-order valence-electron chi connectivity index (χ4n) is 2.80. The molecule has 0 fully saturated rings. The maximum Gasteiger partial charge on any atom is 0.308 e. The van der Waals surface area contributed by atoms with Gasteiger partial charge in [-0.05, 0) is 30.9 Å². The number of methoxy groups -OCH3 is 1. The quantitative estimate of drug-likeness (QED) is 0.740. The minimum Gasteiger partial charge on any atom is -0.496 e. The number of nitrogens with zero attached hydrogens (tertiary/aromatic N) is 2. The Kier molecular flexibility index (Phi) is 6.87. The van der Waals surface area contributed by atoms with Crippen LogP contribution in [0.15, 0.2) is 30.5 Å². The highest BCUT2D eigenvalue weighted by Crippen LogP contribution is 2.21. The largest absolute Gasteiger partial charge is 0.496 e. The monoisotopic (exact) mass is 371 g/mol. The van der Waals surface area contributed by atoms with Gasteiger partial charge in [-0.25, -0.2) is 9.97 Å². The Balaban J connectivity index is 2.12. The standard InChI is InChI=1S/C20H25N3O4/c1-12(2)18-16(11-21-13(3)23-18)19(24)22-10-15(20(25)26)9-14-7-5-6-8-17(14)27-4/h5-8,11-12,15H,9-10H2,1-4H3,(H,22,24)(H,25,26). The zero-order valence-electron chi connectivity index (χ0n) is 16.0. The average molecular weight is 371 g/mol. The minimum atomic E-state index is -0.981. The van der Waals surface area contributed by atoms with Gasteiger partial charge in [0, 0.05) is 12.7 Å². The van der Waals surface area contributed by atoms with Gasteiger partial charge in [-0.3, -0.25) is 9.59 Å². The molecule has 0 saturated heterocycles. The van der Waals surface area contributed by atoms with Crippen LogP contribution in [0.4, 0.5) is 0 Å². The number of carboxylic acids is 1. The number of ether oxygens (including phenoxy) is 1. The molecule has 0 aliphatic heterocycles. The van der Waals surface area contributed by atoms with Gasteiger partial charge >= 0.3 is 5.97 Å². The predicted molar refractivity (Wildman–Crippen MR) is 101 cm³/mol. The van der Waals surface area contributed by atoms with Gasteiger partial charge in [0.15, 0.2) is 0 Å². The van der Waals surface area contributed by atoms with Gasteiger partial charge < -0.3 is 15.2 Å². The van der Waals surface area contributed by atoms with Crippen LogP contribution in [0.25, 0.3) is 0 Å². The van der Waals surface area contributed by atoms with Gasteiger partial charge in [0.25, 0.3) is 5.91 Å². The van der Waals surface area contributed by atoms with Crippen molar-refractivity contribution in [2.45, 2.75) is 33.1 Å². The molecule has 1 aromatic heterocycles. The molecule has 7 heteroatoms. The Bertz CT molecular complexity index is 821. The number of carbonyl (C=O) groups excluding carboxylic acids is 1. The number of amides is 1. The maximum atomic E-state index is 12.6. The minimum absolute atomic E-state index is 0.00235. The molecule has 0 saturated carbocycles. The molecule has 2 N–H and O–H groups in total. The lowest BCUT2D eigenvalue weighted by Crippen LogP contribution is -2.35. The van der Waals surface area contributed by atoms with Gasteiger partial charge in [-0.2, -0.15) is 0 Å². The Hall–Kier alpha value is -2.96. The lowest BCUT2D eigenvalue weighted by Gasteiger charge is -2.17. The lowest BCUT2D eigenvalue weighted by atomic mass is 9.98. The van der Waals surface area contributed by atoms with Crippen molar-refractivity contribution in [3.05, 3.63) is 53.1 Å². The third kappa shape index (κ3) is 5.26. The van der Waals surface area contributed by atoms with Crippen LogP contribution in [0.2, 0.25) is 0 Å². The van der Waals surface area contributed by atoms with E-state index in [1.165, 1.54) is 6.20 Å². The molecule has 0 aliphatic carbocycles. The van der Waals surface area contributed by atoms with Gasteiger partial charge in [-0.1, -0.05) is 32.0 Å². The first kappa shape index (κ1) is 20.4. The van der Waals surface area contributed by atoms with Crippen LogP contribution in [0, 0.1) is 12.8 Å². The molecule has 1 amide bonds. The highest BCUT2D eigenvalue weighted by atomic mass is 16.5. The van der Waals surface area contributed by atoms with Crippen molar-refractivity contribution in [3.63, 3.8) is 0 Å². The molecule has 7 nitrogen and oxygen atoms in total. The second-order valence-electron chi connectivity index (χ2n) is 6.63. The summed E-state index contributed by atoms with van der Waals surface area (Å²) in [4.78, 5) is 32.7. The van der Waals surface area contributed by atoms with Crippen LogP contribution in [0.5, 0.6) is 5.75 Å². The number of hydrogen-bond donors (Lipinski definition) is 2. The van der Waals surface area contributed by atoms with E-state index in [-0.39, 0.29) is 24.8 Å². The number of para-hydroxylation sites is 1. The number of nitrogens with one attached hydrogen (secondary N) is 1. The second kappa shape index (κ2) is 9.12. The zero-order chi connectivity index (χ0) is 20.0. The number of hydrogen-bond acceptors (Lipinski definition) is 5. The summed E-state index contributed by atoms with van der Waals surface area (Å²) in [5.74, 6) is -0.857. The van der Waals surface area contributed by atoms with E-state index in [1.807, 2.05) is 32.0 Å². The van der Waals surface area contributed by atoms with Crippen molar-refractivity contribution < 1.29 is 19.4 Å². The highest BCUT2D eigenvalue weighted by molar-refractivity contribution is 5.95. The molecule has 144 valence electrons. The molecule has 2 aromatic rings. The van der Waals surface area contributed by atoms with Crippen molar-refractivity contribution in [3.8, 4) is 5.75 Å². The Labute approximate surface area is 158 Å². The van der Waals surface area contributed by atoms with E-state index in [9.17, 15) is 14.7 Å². The van der Waals surface area contributed by atoms with Crippen molar-refractivity contribution in [2.24, 2.45) is 5.92 Å². The van der Waals surface area contributed by atoms with Crippen molar-refractivity contribution in [1.29, 1.82) is 0 Å². The average Bonchev–Trinajstić information content (AvgIpc) is 2.64. The molecule has 27 heavy (non-hydrogen) atoms. The summed E-state index contributed by atoms with van der Waals surface area (Å²) in [5.41, 5.74) is 1.80. The van der Waals surface area contributed by atoms with Gasteiger partial charge in [0.2, 0.25) is 0 Å². The summed E-state index contributed by atoms with van der Waals surface area (Å²) in [6.07, 6.45) is 1.74. The highest BCUT2D eigenvalue weighted by Gasteiger charge is 2.22. The van der Waals surface area contributed by atoms with Crippen molar-refractivity contribution >= 4 is 11.9 Å². The number of aromatic nitrogens is 2. The summed E-state index contributed by atoms with van der Waals surface area (Å²) >= 11 is 0. The van der Waals surface area contributed by atoms with Crippen molar-refractivity contribution in [2.75, 3.05) is 13.7 Å². The van der Waals surface area contributed by atoms with Crippen molar-refractivity contribution in [1.82, 2.24) is 15.3 Å². The van der Waals surface area contributed by atoms with E-state index >= 15 is 0 Å². The first-order valence-corrected chi connectivity index (χ1v) is 8.79. The third-order valence-corrected chi connectivity index (χ3v) is 4.25. The van der Waals surface area contributed by atoms with Crippen LogP contribution >= 0.6 is 0 Å². The van der Waals surface area contributed by atoms with Crippen LogP contribution in [0.3, 0.4) is 0 Å². The number of aryl methyl sites for hydroxylation is 1. The molecular weight excluding hydrogens is 346 g/mol. The number of carboxylic acid groups (broad SMARTS) is 1. The molecule has 0 spiro atoms. The number of carbonyl (C=O) groups is 2. The summed E-state index contributed by atoms with van der Waals surface area (Å²) in [6.45, 7) is 5.65. The molecule has 0 radical (unpaired) electrons. The SMILES string of the molecule is COc1ccccc1CC(CNC(=O)c1cnc(C)nc1C(C)C)C(=O)O. The molecule has 0 aliphatic rings. The Morgan fingerprint density at radius 1 is 1.26 bits per heavy atom. The lowest BCUT2D eigenvalue weighted by molar-refractivity contribution is -0.141. The van der Waals surface area contributed by atoms with Crippen LogP contribution in [0.1, 0.15) is 47.2 Å². The molecule has 1 unspecified atom stereocenters. The van der Waals surface area contributed by atoms with E-state index in [4.69, 9.17) is 4.74 Å². The normalized spacial score (nSPS) is 11.9. The zero-order valence-corrected chi connectivity index (χ0v) is 16.0. The number of benzene rings is 1. The second-order valence-corrected chi connectivity index (χ2v) is 6.63. The van der Waals surface area contributed by atoms with E-state index in [1.54, 1.807) is 20.1 Å². The number of rotatable bonds is 8. The summed E-state index contributed by atoms with van der Waals surface area (Å²) in [5, 5.41) is 12.3. The Morgan fingerprint density at radius 3 is 2.59 bits per heavy atom. The van der Waals surface area contributed by atoms with E-state index in [2.05, 4.69) is 15.3 Å².